The summed E-state index contributed by atoms with van der Waals surface area (Å²) in [5.41, 5.74) is 5.07. The Morgan fingerprint density at radius 2 is 1.93 bits per heavy atom. The van der Waals surface area contributed by atoms with Crippen LogP contribution < -0.4 is 5.32 Å². The minimum atomic E-state index is 0.543. The van der Waals surface area contributed by atoms with E-state index in [1.165, 1.54) is 22.8 Å². The van der Waals surface area contributed by atoms with E-state index >= 15 is 0 Å². The van der Waals surface area contributed by atoms with Crippen LogP contribution in [0.25, 0.3) is 0 Å². The Hall–Kier alpha value is -2.87. The van der Waals surface area contributed by atoms with Gasteiger partial charge in [-0.05, 0) is 67.5 Å². The normalized spacial score (nSPS) is 15.3. The molecule has 0 amide bonds. The van der Waals surface area contributed by atoms with Crippen LogP contribution in [0, 0.1) is 0 Å². The Bertz CT molecular complexity index is 789. The minimum Gasteiger partial charge on any atom is -0.385 e. The summed E-state index contributed by atoms with van der Waals surface area (Å²) in [7, 11) is 0. The summed E-state index contributed by atoms with van der Waals surface area (Å²) in [6.45, 7) is 2.92. The van der Waals surface area contributed by atoms with Crippen LogP contribution >= 0.6 is 0 Å². The van der Waals surface area contributed by atoms with Crippen molar-refractivity contribution in [1.82, 2.24) is 5.32 Å². The van der Waals surface area contributed by atoms with Crippen LogP contribution in [0.4, 0.5) is 4.39 Å². The van der Waals surface area contributed by atoms with Gasteiger partial charge in [0.1, 0.15) is 0 Å². The van der Waals surface area contributed by atoms with E-state index in [4.69, 9.17) is 0 Å². The lowest BCUT2D eigenvalue weighted by Crippen LogP contribution is -2.12. The number of benzene rings is 1. The third-order valence-electron chi connectivity index (χ3n) is 4.48. The van der Waals surface area contributed by atoms with Gasteiger partial charge in [0.15, 0.2) is 0 Å². The Labute approximate surface area is 169 Å². The fourth-order valence-electron chi connectivity index (χ4n) is 2.97. The molecule has 1 aromatic rings. The van der Waals surface area contributed by atoms with Crippen LogP contribution in [0.3, 0.4) is 0 Å². The Morgan fingerprint density at radius 1 is 1.07 bits per heavy atom. The summed E-state index contributed by atoms with van der Waals surface area (Å²) >= 11 is 0. The van der Waals surface area contributed by atoms with Crippen LogP contribution in [0.15, 0.2) is 114 Å². The lowest BCUT2D eigenvalue weighted by Gasteiger charge is -2.05. The zero-order chi connectivity index (χ0) is 19.9. The zero-order valence-electron chi connectivity index (χ0n) is 16.7. The fourth-order valence-corrected chi connectivity index (χ4v) is 2.97. The van der Waals surface area contributed by atoms with E-state index in [1.807, 2.05) is 6.08 Å². The fraction of sp³-hybridized carbons (Fsp3) is 0.231. The van der Waals surface area contributed by atoms with Crippen LogP contribution in [-0.4, -0.2) is 6.54 Å². The number of rotatable bonds is 10. The van der Waals surface area contributed by atoms with E-state index < -0.39 is 0 Å². The number of nitrogens with one attached hydrogen (secondary N) is 1. The van der Waals surface area contributed by atoms with Gasteiger partial charge in [0.05, 0.1) is 6.33 Å². The molecule has 2 rings (SSSR count). The molecular formula is C26H30FN. The Kier molecular flexibility index (Phi) is 10.2. The quantitative estimate of drug-likeness (QED) is 0.346. The molecule has 0 aromatic heterocycles. The van der Waals surface area contributed by atoms with Crippen LogP contribution in [0.5, 0.6) is 0 Å². The van der Waals surface area contributed by atoms with Crippen molar-refractivity contribution in [3.05, 3.63) is 120 Å². The van der Waals surface area contributed by atoms with Gasteiger partial charge >= 0.3 is 0 Å². The third-order valence-corrected chi connectivity index (χ3v) is 4.48. The molecule has 0 saturated heterocycles. The van der Waals surface area contributed by atoms with Crippen molar-refractivity contribution in [2.45, 2.75) is 32.6 Å². The number of hydrogen-bond donors (Lipinski definition) is 1. The van der Waals surface area contributed by atoms with E-state index in [1.54, 1.807) is 6.08 Å². The molecule has 0 fully saturated rings. The second-order valence-corrected chi connectivity index (χ2v) is 6.55. The van der Waals surface area contributed by atoms with Gasteiger partial charge in [-0.2, -0.15) is 0 Å². The Morgan fingerprint density at radius 3 is 2.71 bits per heavy atom. The number of halogens is 1. The highest BCUT2D eigenvalue weighted by Crippen LogP contribution is 2.20. The molecule has 1 aromatic carbocycles. The maximum Gasteiger partial charge on any atom is 0.0866 e. The predicted molar refractivity (Wildman–Crippen MR) is 120 cm³/mol. The molecule has 1 aliphatic carbocycles. The first kappa shape index (κ1) is 21.4. The first-order valence-electron chi connectivity index (χ1n) is 9.94. The molecule has 146 valence electrons. The highest BCUT2D eigenvalue weighted by atomic mass is 19.1. The first-order valence-corrected chi connectivity index (χ1v) is 9.94. The molecule has 0 spiro atoms. The van der Waals surface area contributed by atoms with Gasteiger partial charge in [0, 0.05) is 12.2 Å². The molecule has 0 unspecified atom stereocenters. The molecular weight excluding hydrogens is 345 g/mol. The maximum atomic E-state index is 11.9. The summed E-state index contributed by atoms with van der Waals surface area (Å²) in [6.07, 6.45) is 24.8. The highest BCUT2D eigenvalue weighted by molar-refractivity contribution is 5.45. The minimum absolute atomic E-state index is 0.543. The summed E-state index contributed by atoms with van der Waals surface area (Å²) in [5, 5.41) is 3.41. The van der Waals surface area contributed by atoms with Gasteiger partial charge in [0.25, 0.3) is 0 Å². The second-order valence-electron chi connectivity index (χ2n) is 6.55. The molecule has 0 heterocycles. The van der Waals surface area contributed by atoms with Gasteiger partial charge < -0.3 is 5.32 Å². The topological polar surface area (TPSA) is 12.0 Å². The molecule has 1 aliphatic rings. The van der Waals surface area contributed by atoms with Crippen molar-refractivity contribution in [3.63, 3.8) is 0 Å². The van der Waals surface area contributed by atoms with E-state index in [-0.39, 0.29) is 0 Å². The van der Waals surface area contributed by atoms with Gasteiger partial charge in [-0.25, -0.2) is 4.39 Å². The third kappa shape index (κ3) is 8.22. The average Bonchev–Trinajstić information content (AvgIpc) is 2.97. The van der Waals surface area contributed by atoms with Gasteiger partial charge in [0.2, 0.25) is 0 Å². The molecule has 28 heavy (non-hydrogen) atoms. The van der Waals surface area contributed by atoms with E-state index in [0.29, 0.717) is 6.33 Å². The maximum absolute atomic E-state index is 11.9. The number of allylic oxidation sites excluding steroid dienone is 11. The molecule has 1 N–H and O–H groups in total. The molecule has 0 atom stereocenters. The monoisotopic (exact) mass is 375 g/mol. The lowest BCUT2D eigenvalue weighted by atomic mass is 10.0. The average molecular weight is 376 g/mol. The van der Waals surface area contributed by atoms with E-state index in [2.05, 4.69) is 85.1 Å². The predicted octanol–water partition coefficient (Wildman–Crippen LogP) is 6.91. The van der Waals surface area contributed by atoms with Crippen LogP contribution in [-0.2, 0) is 6.42 Å². The largest absolute Gasteiger partial charge is 0.385 e. The van der Waals surface area contributed by atoms with Crippen molar-refractivity contribution >= 4 is 0 Å². The molecule has 0 saturated carbocycles. The summed E-state index contributed by atoms with van der Waals surface area (Å²) in [5.74, 6) is 0. The smallest absolute Gasteiger partial charge is 0.0866 e. The van der Waals surface area contributed by atoms with Gasteiger partial charge in [-0.1, -0.05) is 72.9 Å². The molecule has 0 radical (unpaired) electrons. The lowest BCUT2D eigenvalue weighted by molar-refractivity contribution is 0.721. The van der Waals surface area contributed by atoms with Crippen LogP contribution in [0.2, 0.25) is 0 Å². The van der Waals surface area contributed by atoms with E-state index in [0.717, 1.165) is 37.9 Å². The standard InChI is InChI=1S/C26H30FN/c1-2-24(16-9-8-15-23-13-6-5-7-14-23)25-17-12-18-26(20-19-25)28-22-11-4-3-10-21-27/h2-7,9-10,12-14,16,18-21,28H,8,11,15,17,22H2,1H3/b4-3-,16-9-,21-10-,24-2+. The zero-order valence-corrected chi connectivity index (χ0v) is 16.7. The highest BCUT2D eigenvalue weighted by Gasteiger charge is 2.02. The van der Waals surface area contributed by atoms with Crippen molar-refractivity contribution in [2.24, 2.45) is 0 Å². The van der Waals surface area contributed by atoms with Gasteiger partial charge in [-0.3, -0.25) is 0 Å². The van der Waals surface area contributed by atoms with E-state index in [9.17, 15) is 4.39 Å². The second kappa shape index (κ2) is 13.3. The summed E-state index contributed by atoms with van der Waals surface area (Å²) in [6, 6.07) is 10.6. The van der Waals surface area contributed by atoms with Crippen molar-refractivity contribution < 1.29 is 4.39 Å². The molecule has 1 nitrogen and oxygen atoms in total. The summed E-state index contributed by atoms with van der Waals surface area (Å²) in [4.78, 5) is 0. The van der Waals surface area contributed by atoms with Crippen molar-refractivity contribution in [2.75, 3.05) is 6.54 Å². The van der Waals surface area contributed by atoms with Crippen LogP contribution in [0.1, 0.15) is 31.7 Å². The molecule has 0 aliphatic heterocycles. The number of aryl methyl sites for hydroxylation is 1. The summed E-state index contributed by atoms with van der Waals surface area (Å²) < 4.78 is 11.9. The molecule has 0 bridgehead atoms. The Balaban J connectivity index is 1.86. The van der Waals surface area contributed by atoms with Gasteiger partial charge in [-0.15, -0.1) is 0 Å². The molecule has 2 heteroatoms. The first-order chi connectivity index (χ1) is 13.8. The SMILES string of the molecule is C/C=C(\C=C/CCc1ccccc1)C1=CC=C(NCC/C=C\C=C/F)C=CC1. The van der Waals surface area contributed by atoms with Crippen molar-refractivity contribution in [1.29, 1.82) is 0 Å². The number of hydrogen-bond acceptors (Lipinski definition) is 1. The van der Waals surface area contributed by atoms with Crippen molar-refractivity contribution in [3.8, 4) is 0 Å².